The Morgan fingerprint density at radius 1 is 1.35 bits per heavy atom. The molecule has 0 unspecified atom stereocenters. The Morgan fingerprint density at radius 3 is 2.57 bits per heavy atom. The zero-order valence-electron chi connectivity index (χ0n) is 14.2. The predicted molar refractivity (Wildman–Crippen MR) is 89.1 cm³/mol. The third-order valence-corrected chi connectivity index (χ3v) is 3.65. The van der Waals surface area contributed by atoms with Gasteiger partial charge >= 0.3 is 6.03 Å². The van der Waals surface area contributed by atoms with Crippen molar-refractivity contribution in [3.05, 3.63) is 29.6 Å². The van der Waals surface area contributed by atoms with Gasteiger partial charge in [0, 0.05) is 25.7 Å². The molecule has 0 saturated carbocycles. The number of rotatable bonds is 4. The van der Waals surface area contributed by atoms with Crippen molar-refractivity contribution in [1.82, 2.24) is 10.6 Å². The number of morpholine rings is 1. The first-order valence-corrected chi connectivity index (χ1v) is 8.08. The quantitative estimate of drug-likeness (QED) is 0.896. The molecule has 2 amide bonds. The monoisotopic (exact) mass is 323 g/mol. The van der Waals surface area contributed by atoms with Crippen LogP contribution in [0.15, 0.2) is 18.2 Å². The highest BCUT2D eigenvalue weighted by Gasteiger charge is 2.24. The first-order chi connectivity index (χ1) is 10.8. The van der Waals surface area contributed by atoms with E-state index in [-0.39, 0.29) is 30.1 Å². The van der Waals surface area contributed by atoms with Gasteiger partial charge < -0.3 is 20.3 Å². The minimum absolute atomic E-state index is 0.0689. The van der Waals surface area contributed by atoms with Crippen molar-refractivity contribution in [2.75, 3.05) is 18.0 Å². The predicted octanol–water partition coefficient (Wildman–Crippen LogP) is 2.65. The first kappa shape index (κ1) is 17.5. The van der Waals surface area contributed by atoms with Crippen LogP contribution in [0.25, 0.3) is 0 Å². The highest BCUT2D eigenvalue weighted by Crippen LogP contribution is 2.24. The fourth-order valence-corrected chi connectivity index (χ4v) is 2.79. The maximum Gasteiger partial charge on any atom is 0.315 e. The SMILES string of the molecule is CC(C)NC(=O)NCc1ccc(N2C[C@@H](C)O[C@@H](C)C2)c(F)c1. The van der Waals surface area contributed by atoms with Crippen molar-refractivity contribution >= 4 is 11.7 Å². The lowest BCUT2D eigenvalue weighted by molar-refractivity contribution is -0.00539. The van der Waals surface area contributed by atoms with Crippen LogP contribution in [-0.2, 0) is 11.3 Å². The number of nitrogens with zero attached hydrogens (tertiary/aromatic N) is 1. The van der Waals surface area contributed by atoms with Gasteiger partial charge in [0.1, 0.15) is 5.82 Å². The van der Waals surface area contributed by atoms with Gasteiger partial charge in [-0.2, -0.15) is 0 Å². The van der Waals surface area contributed by atoms with Crippen molar-refractivity contribution < 1.29 is 13.9 Å². The van der Waals surface area contributed by atoms with Gasteiger partial charge in [0.25, 0.3) is 0 Å². The molecule has 1 aliphatic heterocycles. The van der Waals surface area contributed by atoms with Crippen LogP contribution in [0, 0.1) is 5.82 Å². The number of amides is 2. The smallest absolute Gasteiger partial charge is 0.315 e. The van der Waals surface area contributed by atoms with E-state index < -0.39 is 0 Å². The van der Waals surface area contributed by atoms with Crippen LogP contribution in [0.1, 0.15) is 33.3 Å². The minimum Gasteiger partial charge on any atom is -0.372 e. The number of anilines is 1. The lowest BCUT2D eigenvalue weighted by atomic mass is 10.1. The molecular formula is C17H26FN3O2. The zero-order chi connectivity index (χ0) is 17.0. The van der Waals surface area contributed by atoms with Gasteiger partial charge in [0.05, 0.1) is 17.9 Å². The maximum atomic E-state index is 14.4. The summed E-state index contributed by atoms with van der Waals surface area (Å²) in [6.45, 7) is 9.41. The number of nitrogens with one attached hydrogen (secondary N) is 2. The number of hydrogen-bond donors (Lipinski definition) is 2. The summed E-state index contributed by atoms with van der Waals surface area (Å²) in [4.78, 5) is 13.6. The molecule has 2 rings (SSSR count). The third kappa shape index (κ3) is 5.10. The van der Waals surface area contributed by atoms with E-state index in [0.29, 0.717) is 25.3 Å². The molecule has 6 heteroatoms. The maximum absolute atomic E-state index is 14.4. The van der Waals surface area contributed by atoms with Gasteiger partial charge in [-0.15, -0.1) is 0 Å². The van der Waals surface area contributed by atoms with E-state index in [1.165, 1.54) is 6.07 Å². The summed E-state index contributed by atoms with van der Waals surface area (Å²) in [7, 11) is 0. The number of halogens is 1. The van der Waals surface area contributed by atoms with Gasteiger partial charge in [0.15, 0.2) is 0 Å². The van der Waals surface area contributed by atoms with Crippen molar-refractivity contribution in [2.45, 2.75) is 52.5 Å². The molecule has 2 N–H and O–H groups in total. The number of benzene rings is 1. The van der Waals surface area contributed by atoms with Gasteiger partial charge in [-0.25, -0.2) is 9.18 Å². The van der Waals surface area contributed by atoms with Crippen molar-refractivity contribution in [1.29, 1.82) is 0 Å². The summed E-state index contributed by atoms with van der Waals surface area (Å²) in [6.07, 6.45) is 0.165. The van der Waals surface area contributed by atoms with E-state index in [2.05, 4.69) is 10.6 Å². The molecule has 0 bridgehead atoms. The summed E-state index contributed by atoms with van der Waals surface area (Å²) in [5.74, 6) is -0.269. The Morgan fingerprint density at radius 2 is 2.00 bits per heavy atom. The van der Waals surface area contributed by atoms with Gasteiger partial charge in [0.2, 0.25) is 0 Å². The second-order valence-electron chi connectivity index (χ2n) is 6.43. The normalized spacial score (nSPS) is 21.4. The molecule has 2 atom stereocenters. The number of carbonyl (C=O) groups is 1. The molecule has 1 fully saturated rings. The van der Waals surface area contributed by atoms with Crippen LogP contribution in [0.4, 0.5) is 14.9 Å². The van der Waals surface area contributed by atoms with E-state index in [4.69, 9.17) is 4.74 Å². The van der Waals surface area contributed by atoms with Crippen LogP contribution in [0.3, 0.4) is 0 Å². The van der Waals surface area contributed by atoms with E-state index >= 15 is 0 Å². The van der Waals surface area contributed by atoms with Crippen LogP contribution in [0.5, 0.6) is 0 Å². The molecule has 23 heavy (non-hydrogen) atoms. The average Bonchev–Trinajstić information content (AvgIpc) is 2.43. The second-order valence-corrected chi connectivity index (χ2v) is 6.43. The number of ether oxygens (including phenoxy) is 1. The number of urea groups is 1. The molecule has 0 aromatic heterocycles. The van der Waals surface area contributed by atoms with Crippen LogP contribution in [0.2, 0.25) is 0 Å². The molecule has 1 aromatic carbocycles. The highest BCUT2D eigenvalue weighted by atomic mass is 19.1. The van der Waals surface area contributed by atoms with Crippen molar-refractivity contribution in [2.24, 2.45) is 0 Å². The molecular weight excluding hydrogens is 297 g/mol. The molecule has 0 spiro atoms. The molecule has 1 heterocycles. The Bertz CT molecular complexity index is 541. The first-order valence-electron chi connectivity index (χ1n) is 8.08. The highest BCUT2D eigenvalue weighted by molar-refractivity contribution is 5.74. The Labute approximate surface area is 137 Å². The third-order valence-electron chi connectivity index (χ3n) is 3.65. The molecule has 0 radical (unpaired) electrons. The summed E-state index contributed by atoms with van der Waals surface area (Å²) in [5.41, 5.74) is 1.32. The average molecular weight is 323 g/mol. The van der Waals surface area contributed by atoms with Crippen molar-refractivity contribution in [3.63, 3.8) is 0 Å². The van der Waals surface area contributed by atoms with E-state index in [0.717, 1.165) is 5.56 Å². The van der Waals surface area contributed by atoms with Crippen LogP contribution >= 0.6 is 0 Å². The largest absolute Gasteiger partial charge is 0.372 e. The summed E-state index contributed by atoms with van der Waals surface area (Å²) < 4.78 is 20.1. The molecule has 5 nitrogen and oxygen atoms in total. The Balaban J connectivity index is 1.99. The van der Waals surface area contributed by atoms with Gasteiger partial charge in [-0.1, -0.05) is 6.07 Å². The molecule has 0 aliphatic carbocycles. The topological polar surface area (TPSA) is 53.6 Å². The number of carbonyl (C=O) groups excluding carboxylic acids is 1. The van der Waals surface area contributed by atoms with Crippen LogP contribution in [-0.4, -0.2) is 37.4 Å². The molecule has 128 valence electrons. The summed E-state index contributed by atoms with van der Waals surface area (Å²) >= 11 is 0. The summed E-state index contributed by atoms with van der Waals surface area (Å²) in [6, 6.07) is 4.92. The van der Waals surface area contributed by atoms with E-state index in [9.17, 15) is 9.18 Å². The molecule has 1 aromatic rings. The fourth-order valence-electron chi connectivity index (χ4n) is 2.79. The van der Waals surface area contributed by atoms with Crippen molar-refractivity contribution in [3.8, 4) is 0 Å². The Hall–Kier alpha value is -1.82. The molecule has 1 aliphatic rings. The van der Waals surface area contributed by atoms with Gasteiger partial charge in [-0.05, 0) is 45.4 Å². The lowest BCUT2D eigenvalue weighted by Gasteiger charge is -2.37. The molecule has 1 saturated heterocycles. The lowest BCUT2D eigenvalue weighted by Crippen LogP contribution is -2.45. The zero-order valence-corrected chi connectivity index (χ0v) is 14.2. The number of hydrogen-bond acceptors (Lipinski definition) is 3. The van der Waals surface area contributed by atoms with Crippen LogP contribution < -0.4 is 15.5 Å². The summed E-state index contributed by atoms with van der Waals surface area (Å²) in [5, 5.41) is 5.45. The standard InChI is InChI=1S/C17H26FN3O2/c1-11(2)20-17(22)19-8-14-5-6-16(15(18)7-14)21-9-12(3)23-13(4)10-21/h5-7,11-13H,8-10H2,1-4H3,(H2,19,20,22)/t12-,13+. The minimum atomic E-state index is -0.269. The Kier molecular flexibility index (Phi) is 5.82. The fraction of sp³-hybridized carbons (Fsp3) is 0.588. The second kappa shape index (κ2) is 7.64. The van der Waals surface area contributed by atoms with E-state index in [1.807, 2.05) is 38.7 Å². The van der Waals surface area contributed by atoms with E-state index in [1.54, 1.807) is 6.07 Å². The van der Waals surface area contributed by atoms with Gasteiger partial charge in [-0.3, -0.25) is 0 Å².